The predicted octanol–water partition coefficient (Wildman–Crippen LogP) is 1.55. The van der Waals surface area contributed by atoms with E-state index < -0.39 is 5.56 Å². The number of ether oxygens (including phenoxy) is 2. The molecule has 0 saturated heterocycles. The highest BCUT2D eigenvalue weighted by molar-refractivity contribution is 7.15. The van der Waals surface area contributed by atoms with Crippen molar-refractivity contribution in [3.63, 3.8) is 0 Å². The molecule has 3 aromatic rings. The lowest BCUT2D eigenvalue weighted by molar-refractivity contribution is 0.277. The van der Waals surface area contributed by atoms with Crippen molar-refractivity contribution in [1.29, 1.82) is 0 Å². The molecule has 0 aliphatic rings. The lowest BCUT2D eigenvalue weighted by Crippen LogP contribution is -2.27. The van der Waals surface area contributed by atoms with Crippen LogP contribution < -0.4 is 25.1 Å². The van der Waals surface area contributed by atoms with Crippen LogP contribution >= 0.6 is 11.3 Å². The molecule has 0 unspecified atom stereocenters. The minimum atomic E-state index is -0.422. The number of thiazole rings is 1. The zero-order valence-electron chi connectivity index (χ0n) is 14.8. The zero-order valence-corrected chi connectivity index (χ0v) is 15.6. The van der Waals surface area contributed by atoms with Gasteiger partial charge in [0.1, 0.15) is 5.69 Å². The van der Waals surface area contributed by atoms with Crippen LogP contribution in [0.3, 0.4) is 0 Å². The van der Waals surface area contributed by atoms with Gasteiger partial charge in [0.05, 0.1) is 17.7 Å². The van der Waals surface area contributed by atoms with Crippen LogP contribution in [0.1, 0.15) is 31.5 Å². The summed E-state index contributed by atoms with van der Waals surface area (Å²) in [7, 11) is 0. The molecule has 1 aromatic carbocycles. The van der Waals surface area contributed by atoms with Crippen LogP contribution in [-0.4, -0.2) is 27.8 Å². The van der Waals surface area contributed by atoms with Crippen molar-refractivity contribution in [2.75, 3.05) is 13.2 Å². The quantitative estimate of drug-likeness (QED) is 0.652. The molecule has 136 valence electrons. The molecule has 2 heterocycles. The Hall–Kier alpha value is -2.74. The molecule has 0 saturated carbocycles. The summed E-state index contributed by atoms with van der Waals surface area (Å²) in [6, 6.07) is 5.51. The number of aromatic nitrogens is 3. The molecule has 0 N–H and O–H groups in total. The molecular formula is C18H19N3O4S. The van der Waals surface area contributed by atoms with Gasteiger partial charge in [-0.05, 0) is 44.0 Å². The van der Waals surface area contributed by atoms with Gasteiger partial charge in [-0.15, -0.1) is 0 Å². The fourth-order valence-corrected chi connectivity index (χ4v) is 3.26. The Morgan fingerprint density at radius 1 is 1.19 bits per heavy atom. The lowest BCUT2D eigenvalue weighted by Gasteiger charge is -2.11. The third kappa shape index (κ3) is 3.60. The van der Waals surface area contributed by atoms with Crippen molar-refractivity contribution in [2.45, 2.75) is 27.2 Å². The number of aryl methyl sites for hydroxylation is 1. The summed E-state index contributed by atoms with van der Waals surface area (Å²) >= 11 is 1.13. The molecule has 0 atom stereocenters. The third-order valence-corrected chi connectivity index (χ3v) is 4.53. The fourth-order valence-electron chi connectivity index (χ4n) is 2.35. The second-order valence-electron chi connectivity index (χ2n) is 5.60. The van der Waals surface area contributed by atoms with Gasteiger partial charge in [0, 0.05) is 0 Å². The van der Waals surface area contributed by atoms with E-state index in [-0.39, 0.29) is 16.2 Å². The van der Waals surface area contributed by atoms with Crippen molar-refractivity contribution in [1.82, 2.24) is 14.6 Å². The maximum absolute atomic E-state index is 12.5. The minimum Gasteiger partial charge on any atom is -0.490 e. The summed E-state index contributed by atoms with van der Waals surface area (Å²) < 4.78 is 12.9. The van der Waals surface area contributed by atoms with Crippen LogP contribution in [0.15, 0.2) is 27.8 Å². The SMILES string of the molecule is CCCOc1ccc(/C=c2\sc3nc(=O)c(C)nn3c2=O)cc1OCC. The van der Waals surface area contributed by atoms with Crippen molar-refractivity contribution >= 4 is 22.4 Å². The normalized spacial score (nSPS) is 11.9. The number of hydrogen-bond donors (Lipinski definition) is 0. The molecule has 8 heteroatoms. The maximum Gasteiger partial charge on any atom is 0.295 e. The van der Waals surface area contributed by atoms with E-state index in [1.54, 1.807) is 6.08 Å². The van der Waals surface area contributed by atoms with Gasteiger partial charge in [0.15, 0.2) is 11.5 Å². The topological polar surface area (TPSA) is 82.8 Å². The third-order valence-electron chi connectivity index (χ3n) is 3.57. The monoisotopic (exact) mass is 373 g/mol. The van der Waals surface area contributed by atoms with E-state index in [2.05, 4.69) is 10.1 Å². The van der Waals surface area contributed by atoms with Gasteiger partial charge in [0.2, 0.25) is 4.96 Å². The first kappa shape index (κ1) is 18.1. The summed E-state index contributed by atoms with van der Waals surface area (Å²) in [5.41, 5.74) is 0.263. The van der Waals surface area contributed by atoms with Gasteiger partial charge < -0.3 is 9.47 Å². The van der Waals surface area contributed by atoms with Crippen LogP contribution in [0, 0.1) is 6.92 Å². The van der Waals surface area contributed by atoms with E-state index in [1.165, 1.54) is 6.92 Å². The van der Waals surface area contributed by atoms with E-state index in [4.69, 9.17) is 9.47 Å². The molecule has 0 fully saturated rings. The van der Waals surface area contributed by atoms with Crippen molar-refractivity contribution in [3.05, 3.63) is 54.7 Å². The standard InChI is InChI=1S/C18H19N3O4S/c1-4-8-25-13-7-6-12(9-14(13)24-5-2)10-15-17(23)21-18(26-15)19-16(22)11(3)20-21/h6-7,9-10H,4-5,8H2,1-3H3/b15-10-. The Morgan fingerprint density at radius 2 is 2.00 bits per heavy atom. The number of nitrogens with zero attached hydrogens (tertiary/aromatic N) is 3. The Bertz CT molecular complexity index is 1100. The Balaban J connectivity index is 2.08. The molecule has 0 spiro atoms. The molecule has 0 aliphatic heterocycles. The van der Waals surface area contributed by atoms with Crippen LogP contribution in [0.25, 0.3) is 11.0 Å². The first-order chi connectivity index (χ1) is 12.5. The average molecular weight is 373 g/mol. The van der Waals surface area contributed by atoms with Crippen molar-refractivity contribution in [3.8, 4) is 11.5 Å². The Labute approximate surface area is 153 Å². The van der Waals surface area contributed by atoms with E-state index in [0.717, 1.165) is 27.8 Å². The molecule has 0 amide bonds. The van der Waals surface area contributed by atoms with E-state index >= 15 is 0 Å². The van der Waals surface area contributed by atoms with Crippen LogP contribution in [0.4, 0.5) is 0 Å². The minimum absolute atomic E-state index is 0.194. The van der Waals surface area contributed by atoms with E-state index in [1.807, 2.05) is 32.0 Å². The molecule has 7 nitrogen and oxygen atoms in total. The summed E-state index contributed by atoms with van der Waals surface area (Å²) in [4.78, 5) is 28.3. The average Bonchev–Trinajstić information content (AvgIpc) is 2.90. The molecule has 3 rings (SSSR count). The number of benzene rings is 1. The summed E-state index contributed by atoms with van der Waals surface area (Å²) in [5, 5.41) is 4.01. The van der Waals surface area contributed by atoms with Gasteiger partial charge in [-0.1, -0.05) is 24.3 Å². The highest BCUT2D eigenvalue weighted by Crippen LogP contribution is 2.29. The van der Waals surface area contributed by atoms with Crippen LogP contribution in [0.2, 0.25) is 0 Å². The van der Waals surface area contributed by atoms with Gasteiger partial charge >= 0.3 is 0 Å². The largest absolute Gasteiger partial charge is 0.490 e. The summed E-state index contributed by atoms with van der Waals surface area (Å²) in [6.45, 7) is 6.59. The zero-order chi connectivity index (χ0) is 18.7. The fraction of sp³-hybridized carbons (Fsp3) is 0.333. The second-order valence-corrected chi connectivity index (χ2v) is 6.61. The number of hydrogen-bond acceptors (Lipinski definition) is 7. The number of rotatable bonds is 6. The van der Waals surface area contributed by atoms with Gasteiger partial charge in [0.25, 0.3) is 11.1 Å². The summed E-state index contributed by atoms with van der Waals surface area (Å²) in [5.74, 6) is 1.30. The molecule has 2 aromatic heterocycles. The number of fused-ring (bicyclic) bond motifs is 1. The molecule has 26 heavy (non-hydrogen) atoms. The molecule has 0 aliphatic carbocycles. The summed E-state index contributed by atoms with van der Waals surface area (Å²) in [6.07, 6.45) is 2.63. The lowest BCUT2D eigenvalue weighted by atomic mass is 10.2. The first-order valence-electron chi connectivity index (χ1n) is 8.35. The van der Waals surface area contributed by atoms with Crippen molar-refractivity contribution in [2.24, 2.45) is 0 Å². The predicted molar refractivity (Wildman–Crippen MR) is 100 cm³/mol. The first-order valence-corrected chi connectivity index (χ1v) is 9.17. The Morgan fingerprint density at radius 3 is 2.73 bits per heavy atom. The smallest absolute Gasteiger partial charge is 0.295 e. The van der Waals surface area contributed by atoms with Crippen LogP contribution in [-0.2, 0) is 0 Å². The molecule has 0 radical (unpaired) electrons. The molecule has 0 bridgehead atoms. The van der Waals surface area contributed by atoms with Crippen LogP contribution in [0.5, 0.6) is 11.5 Å². The molecular weight excluding hydrogens is 354 g/mol. The van der Waals surface area contributed by atoms with Gasteiger partial charge in [-0.25, -0.2) is 0 Å². The highest BCUT2D eigenvalue weighted by atomic mass is 32.1. The van der Waals surface area contributed by atoms with Crippen molar-refractivity contribution < 1.29 is 9.47 Å². The Kier molecular flexibility index (Phi) is 5.32. The van der Waals surface area contributed by atoms with E-state index in [9.17, 15) is 9.59 Å². The van der Waals surface area contributed by atoms with Gasteiger partial charge in [-0.3, -0.25) is 9.59 Å². The van der Waals surface area contributed by atoms with Gasteiger partial charge in [-0.2, -0.15) is 14.6 Å². The second kappa shape index (κ2) is 7.65. The van der Waals surface area contributed by atoms with E-state index in [0.29, 0.717) is 29.2 Å². The maximum atomic E-state index is 12.5. The highest BCUT2D eigenvalue weighted by Gasteiger charge is 2.09.